The Balaban J connectivity index is 3.02. The van der Waals surface area contributed by atoms with Crippen LogP contribution >= 0.6 is 12.0 Å². The summed E-state index contributed by atoms with van der Waals surface area (Å²) in [5.41, 5.74) is 0. The Morgan fingerprint density at radius 1 is 1.29 bits per heavy atom. The Bertz CT molecular complexity index is 156. The van der Waals surface area contributed by atoms with Gasteiger partial charge in [-0.15, -0.1) is 6.42 Å². The van der Waals surface area contributed by atoms with E-state index in [4.69, 9.17) is 10.6 Å². The molecule has 0 aliphatic rings. The standard InChI is InChI=1S/C11H21NOS/c1-4-9-12(2)10-7-5-6-8-11-13-14-3/h1H,5-11H2,2-3H3. The van der Waals surface area contributed by atoms with Crippen molar-refractivity contribution in [3.8, 4) is 12.3 Å². The molecule has 0 radical (unpaired) electrons. The predicted octanol–water partition coefficient (Wildman–Crippen LogP) is 2.41. The molecule has 0 fully saturated rings. The Morgan fingerprint density at radius 2 is 2.00 bits per heavy atom. The zero-order chi connectivity index (χ0) is 10.6. The van der Waals surface area contributed by atoms with E-state index in [9.17, 15) is 0 Å². The van der Waals surface area contributed by atoms with Crippen LogP contribution in [0.4, 0.5) is 0 Å². The molecule has 0 rings (SSSR count). The quantitative estimate of drug-likeness (QED) is 0.333. The molecular weight excluding hydrogens is 194 g/mol. The van der Waals surface area contributed by atoms with E-state index >= 15 is 0 Å². The molecule has 0 N–H and O–H groups in total. The third-order valence-corrected chi connectivity index (χ3v) is 2.40. The van der Waals surface area contributed by atoms with Crippen LogP contribution in [0.3, 0.4) is 0 Å². The SMILES string of the molecule is C#CCN(C)CCCCCCOSC. The molecule has 0 aromatic carbocycles. The highest BCUT2D eigenvalue weighted by Gasteiger charge is 1.95. The van der Waals surface area contributed by atoms with Crippen LogP contribution in [0.15, 0.2) is 0 Å². The highest BCUT2D eigenvalue weighted by Crippen LogP contribution is 2.03. The van der Waals surface area contributed by atoms with Gasteiger partial charge in [-0.3, -0.25) is 4.90 Å². The maximum absolute atomic E-state index is 5.20. The van der Waals surface area contributed by atoms with E-state index < -0.39 is 0 Å². The Hall–Kier alpha value is -0.170. The zero-order valence-corrected chi connectivity index (χ0v) is 10.1. The van der Waals surface area contributed by atoms with E-state index in [1.165, 1.54) is 37.7 Å². The zero-order valence-electron chi connectivity index (χ0n) is 9.29. The van der Waals surface area contributed by atoms with Crippen molar-refractivity contribution in [3.05, 3.63) is 0 Å². The van der Waals surface area contributed by atoms with Crippen LogP contribution in [0.2, 0.25) is 0 Å². The van der Waals surface area contributed by atoms with Crippen molar-refractivity contribution in [1.29, 1.82) is 0 Å². The number of unbranched alkanes of at least 4 members (excludes halogenated alkanes) is 3. The minimum Gasteiger partial charge on any atom is -0.316 e. The lowest BCUT2D eigenvalue weighted by atomic mass is 10.2. The van der Waals surface area contributed by atoms with Gasteiger partial charge in [0.05, 0.1) is 13.2 Å². The van der Waals surface area contributed by atoms with Crippen molar-refractivity contribution in [3.63, 3.8) is 0 Å². The van der Waals surface area contributed by atoms with Crippen LogP contribution in [0.25, 0.3) is 0 Å². The summed E-state index contributed by atoms with van der Waals surface area (Å²) in [5.74, 6) is 2.64. The topological polar surface area (TPSA) is 12.5 Å². The van der Waals surface area contributed by atoms with Gasteiger partial charge >= 0.3 is 0 Å². The van der Waals surface area contributed by atoms with E-state index in [0.717, 1.165) is 19.7 Å². The van der Waals surface area contributed by atoms with Crippen LogP contribution in [0.5, 0.6) is 0 Å². The third kappa shape index (κ3) is 9.91. The molecule has 0 aliphatic carbocycles. The lowest BCUT2D eigenvalue weighted by Gasteiger charge is -2.12. The summed E-state index contributed by atoms with van der Waals surface area (Å²) >= 11 is 1.45. The number of nitrogens with zero attached hydrogens (tertiary/aromatic N) is 1. The van der Waals surface area contributed by atoms with E-state index in [1.807, 2.05) is 6.26 Å². The van der Waals surface area contributed by atoms with Gasteiger partial charge in [-0.05, 0) is 38.5 Å². The fourth-order valence-corrected chi connectivity index (χ4v) is 1.50. The van der Waals surface area contributed by atoms with E-state index in [-0.39, 0.29) is 0 Å². The van der Waals surface area contributed by atoms with Crippen LogP contribution in [0, 0.1) is 12.3 Å². The Kier molecular flexibility index (Phi) is 10.8. The van der Waals surface area contributed by atoms with Crippen LogP contribution < -0.4 is 0 Å². The first-order valence-electron chi connectivity index (χ1n) is 5.09. The van der Waals surface area contributed by atoms with E-state index in [1.54, 1.807) is 0 Å². The minimum atomic E-state index is 0.760. The van der Waals surface area contributed by atoms with Crippen molar-refractivity contribution in [2.75, 3.05) is 33.0 Å². The van der Waals surface area contributed by atoms with Crippen molar-refractivity contribution in [2.45, 2.75) is 25.7 Å². The molecular formula is C11H21NOS. The lowest BCUT2D eigenvalue weighted by Crippen LogP contribution is -2.19. The summed E-state index contributed by atoms with van der Waals surface area (Å²) in [7, 11) is 2.07. The first kappa shape index (κ1) is 13.8. The third-order valence-electron chi connectivity index (χ3n) is 2.00. The second-order valence-corrected chi connectivity index (χ2v) is 3.91. The van der Waals surface area contributed by atoms with Gasteiger partial charge in [-0.2, -0.15) is 0 Å². The molecule has 0 aromatic rings. The number of hydrogen-bond donors (Lipinski definition) is 0. The molecule has 0 aromatic heterocycles. The molecule has 0 unspecified atom stereocenters. The van der Waals surface area contributed by atoms with Gasteiger partial charge < -0.3 is 4.18 Å². The number of hydrogen-bond acceptors (Lipinski definition) is 3. The van der Waals surface area contributed by atoms with E-state index in [2.05, 4.69) is 17.9 Å². The number of rotatable bonds is 9. The van der Waals surface area contributed by atoms with Crippen molar-refractivity contribution in [1.82, 2.24) is 4.90 Å². The first-order chi connectivity index (χ1) is 6.81. The van der Waals surface area contributed by atoms with Crippen molar-refractivity contribution < 1.29 is 4.18 Å². The van der Waals surface area contributed by atoms with Gasteiger partial charge in [-0.25, -0.2) is 0 Å². The monoisotopic (exact) mass is 215 g/mol. The molecule has 0 bridgehead atoms. The fourth-order valence-electron chi connectivity index (χ4n) is 1.21. The molecule has 0 amide bonds. The van der Waals surface area contributed by atoms with E-state index in [0.29, 0.717) is 0 Å². The Labute approximate surface area is 92.6 Å². The molecule has 3 heteroatoms. The summed E-state index contributed by atoms with van der Waals surface area (Å²) in [6.07, 6.45) is 12.1. The average molecular weight is 215 g/mol. The highest BCUT2D eigenvalue weighted by molar-refractivity contribution is 7.93. The van der Waals surface area contributed by atoms with Gasteiger partial charge in [0.2, 0.25) is 0 Å². The predicted molar refractivity (Wildman–Crippen MR) is 64.3 cm³/mol. The molecule has 14 heavy (non-hydrogen) atoms. The summed E-state index contributed by atoms with van der Waals surface area (Å²) in [4.78, 5) is 2.18. The molecule has 0 atom stereocenters. The second kappa shape index (κ2) is 10.9. The summed E-state index contributed by atoms with van der Waals surface area (Å²) in [5, 5.41) is 0. The fraction of sp³-hybridized carbons (Fsp3) is 0.818. The Morgan fingerprint density at radius 3 is 2.64 bits per heavy atom. The van der Waals surface area contributed by atoms with Crippen molar-refractivity contribution in [2.24, 2.45) is 0 Å². The maximum atomic E-state index is 5.20. The van der Waals surface area contributed by atoms with Crippen molar-refractivity contribution >= 4 is 12.0 Å². The summed E-state index contributed by atoms with van der Waals surface area (Å²) in [6.45, 7) is 2.74. The molecule has 82 valence electrons. The normalized spacial score (nSPS) is 10.4. The lowest BCUT2D eigenvalue weighted by molar-refractivity contribution is 0.340. The number of terminal acetylenes is 1. The second-order valence-electron chi connectivity index (χ2n) is 3.34. The summed E-state index contributed by atoms with van der Waals surface area (Å²) < 4.78 is 5.18. The van der Waals surface area contributed by atoms with Gasteiger partial charge in [0.15, 0.2) is 0 Å². The first-order valence-corrected chi connectivity index (χ1v) is 6.24. The van der Waals surface area contributed by atoms with Gasteiger partial charge in [0, 0.05) is 6.26 Å². The van der Waals surface area contributed by atoms with Crippen LogP contribution in [-0.4, -0.2) is 37.9 Å². The molecule has 0 spiro atoms. The average Bonchev–Trinajstić information content (AvgIpc) is 2.17. The summed E-state index contributed by atoms with van der Waals surface area (Å²) in [6, 6.07) is 0. The maximum Gasteiger partial charge on any atom is 0.0613 e. The smallest absolute Gasteiger partial charge is 0.0613 e. The highest BCUT2D eigenvalue weighted by atomic mass is 32.2. The van der Waals surface area contributed by atoms with Crippen LogP contribution in [0.1, 0.15) is 25.7 Å². The minimum absolute atomic E-state index is 0.760. The molecule has 2 nitrogen and oxygen atoms in total. The molecule has 0 saturated heterocycles. The molecule has 0 saturated carbocycles. The molecule has 0 heterocycles. The largest absolute Gasteiger partial charge is 0.316 e. The van der Waals surface area contributed by atoms with Gasteiger partial charge in [0.25, 0.3) is 0 Å². The van der Waals surface area contributed by atoms with Crippen LogP contribution in [-0.2, 0) is 4.18 Å². The van der Waals surface area contributed by atoms with Gasteiger partial charge in [0.1, 0.15) is 0 Å². The van der Waals surface area contributed by atoms with Gasteiger partial charge in [-0.1, -0.05) is 18.8 Å². The molecule has 0 aliphatic heterocycles.